The average molecular weight is 345 g/mol. The summed E-state index contributed by atoms with van der Waals surface area (Å²) in [7, 11) is 0. The molecule has 5 heteroatoms. The Morgan fingerprint density at radius 1 is 1.40 bits per heavy atom. The molecule has 1 aromatic carbocycles. The Morgan fingerprint density at radius 2 is 2.25 bits per heavy atom. The van der Waals surface area contributed by atoms with Gasteiger partial charge in [-0.3, -0.25) is 0 Å². The van der Waals surface area contributed by atoms with Crippen molar-refractivity contribution in [2.75, 3.05) is 19.8 Å². The first kappa shape index (κ1) is 14.4. The number of benzene rings is 1. The summed E-state index contributed by atoms with van der Waals surface area (Å²) in [4.78, 5) is 0. The van der Waals surface area contributed by atoms with E-state index in [9.17, 15) is 9.50 Å². The van der Waals surface area contributed by atoms with E-state index in [1.165, 1.54) is 6.07 Å². The molecule has 20 heavy (non-hydrogen) atoms. The summed E-state index contributed by atoms with van der Waals surface area (Å²) in [6.45, 7) is 1.88. The lowest BCUT2D eigenvalue weighted by Crippen LogP contribution is -2.42. The number of aliphatic hydroxyl groups excluding tert-OH is 1. The number of halogens is 2. The van der Waals surface area contributed by atoms with Crippen LogP contribution in [0.15, 0.2) is 22.7 Å². The Morgan fingerprint density at radius 3 is 3.00 bits per heavy atom. The molecule has 0 saturated carbocycles. The molecule has 1 N–H and O–H groups in total. The Balaban J connectivity index is 1.79. The second kappa shape index (κ2) is 5.72. The van der Waals surface area contributed by atoms with E-state index in [-0.39, 0.29) is 17.3 Å². The van der Waals surface area contributed by atoms with Crippen molar-refractivity contribution in [3.8, 4) is 0 Å². The molecule has 0 bridgehead atoms. The number of hydrogen-bond donors (Lipinski definition) is 1. The summed E-state index contributed by atoms with van der Waals surface area (Å²) in [6, 6.07) is 4.69. The van der Waals surface area contributed by atoms with Gasteiger partial charge < -0.3 is 14.6 Å². The molecular formula is C15H18BrFO3. The maximum absolute atomic E-state index is 13.9. The zero-order valence-electron chi connectivity index (χ0n) is 11.1. The van der Waals surface area contributed by atoms with Crippen LogP contribution in [0.1, 0.15) is 30.9 Å². The molecule has 2 aliphatic heterocycles. The summed E-state index contributed by atoms with van der Waals surface area (Å²) < 4.78 is 26.0. The van der Waals surface area contributed by atoms with Crippen molar-refractivity contribution >= 4 is 15.9 Å². The molecule has 0 aliphatic carbocycles. The minimum absolute atomic E-state index is 0.00856. The van der Waals surface area contributed by atoms with Crippen molar-refractivity contribution in [3.05, 3.63) is 34.1 Å². The number of rotatable bonds is 2. The van der Waals surface area contributed by atoms with Crippen molar-refractivity contribution < 1.29 is 19.0 Å². The topological polar surface area (TPSA) is 38.7 Å². The molecule has 1 aromatic rings. The van der Waals surface area contributed by atoms with Crippen molar-refractivity contribution in [2.24, 2.45) is 5.92 Å². The first-order chi connectivity index (χ1) is 9.60. The Bertz CT molecular complexity index is 488. The van der Waals surface area contributed by atoms with Crippen LogP contribution in [0.25, 0.3) is 0 Å². The van der Waals surface area contributed by atoms with Gasteiger partial charge in [0.2, 0.25) is 0 Å². The van der Waals surface area contributed by atoms with Crippen LogP contribution in [-0.2, 0) is 9.47 Å². The minimum Gasteiger partial charge on any atom is -0.388 e. The molecule has 0 amide bonds. The van der Waals surface area contributed by atoms with Crippen molar-refractivity contribution in [1.29, 1.82) is 0 Å². The van der Waals surface area contributed by atoms with E-state index in [0.29, 0.717) is 25.4 Å². The Kier molecular flexibility index (Phi) is 4.13. The van der Waals surface area contributed by atoms with Gasteiger partial charge in [-0.05, 0) is 37.0 Å². The highest BCUT2D eigenvalue weighted by Gasteiger charge is 2.43. The van der Waals surface area contributed by atoms with Crippen LogP contribution in [0.5, 0.6) is 0 Å². The van der Waals surface area contributed by atoms with Crippen LogP contribution >= 0.6 is 15.9 Å². The maximum atomic E-state index is 13.9. The maximum Gasteiger partial charge on any atom is 0.129 e. The molecule has 1 spiro atoms. The minimum atomic E-state index is -0.797. The second-order valence-electron chi connectivity index (χ2n) is 5.70. The molecule has 0 aromatic heterocycles. The molecular weight excluding hydrogens is 327 g/mol. The third-order valence-corrected chi connectivity index (χ3v) is 4.81. The van der Waals surface area contributed by atoms with Gasteiger partial charge in [-0.15, -0.1) is 0 Å². The molecule has 2 saturated heterocycles. The van der Waals surface area contributed by atoms with Crippen molar-refractivity contribution in [2.45, 2.75) is 31.0 Å². The van der Waals surface area contributed by atoms with E-state index in [4.69, 9.17) is 9.47 Å². The third-order valence-electron chi connectivity index (χ3n) is 4.32. The van der Waals surface area contributed by atoms with Crippen LogP contribution in [0.2, 0.25) is 0 Å². The predicted octanol–water partition coefficient (Wildman–Crippen LogP) is 3.21. The SMILES string of the molecule is OC(c1cc(Br)ccc1F)C1CCOC2(CCOC2)C1. The fourth-order valence-electron chi connectivity index (χ4n) is 3.19. The van der Waals surface area contributed by atoms with Crippen molar-refractivity contribution in [1.82, 2.24) is 0 Å². The van der Waals surface area contributed by atoms with E-state index in [1.807, 2.05) is 0 Å². The highest BCUT2D eigenvalue weighted by atomic mass is 79.9. The van der Waals surface area contributed by atoms with Gasteiger partial charge in [-0.1, -0.05) is 15.9 Å². The Hall–Kier alpha value is -0.490. The van der Waals surface area contributed by atoms with Crippen LogP contribution in [0.3, 0.4) is 0 Å². The van der Waals surface area contributed by atoms with E-state index in [1.54, 1.807) is 12.1 Å². The van der Waals surface area contributed by atoms with Crippen LogP contribution in [0, 0.1) is 11.7 Å². The third kappa shape index (κ3) is 2.77. The number of aliphatic hydroxyl groups is 1. The monoisotopic (exact) mass is 344 g/mol. The van der Waals surface area contributed by atoms with Gasteiger partial charge >= 0.3 is 0 Å². The summed E-state index contributed by atoms with van der Waals surface area (Å²) in [5, 5.41) is 10.5. The molecule has 2 fully saturated rings. The molecule has 2 heterocycles. The summed E-state index contributed by atoms with van der Waals surface area (Å²) in [5.74, 6) is -0.349. The summed E-state index contributed by atoms with van der Waals surface area (Å²) in [5.41, 5.74) is 0.0900. The zero-order chi connectivity index (χ0) is 14.2. The lowest BCUT2D eigenvalue weighted by atomic mass is 9.80. The van der Waals surface area contributed by atoms with Gasteiger partial charge in [0.15, 0.2) is 0 Å². The van der Waals surface area contributed by atoms with Gasteiger partial charge in [0.05, 0.1) is 18.3 Å². The fraction of sp³-hybridized carbons (Fsp3) is 0.600. The van der Waals surface area contributed by atoms with Gasteiger partial charge in [0.1, 0.15) is 5.82 Å². The van der Waals surface area contributed by atoms with E-state index < -0.39 is 6.10 Å². The highest BCUT2D eigenvalue weighted by molar-refractivity contribution is 9.10. The molecule has 3 rings (SSSR count). The van der Waals surface area contributed by atoms with Crippen LogP contribution in [0.4, 0.5) is 4.39 Å². The smallest absolute Gasteiger partial charge is 0.129 e. The highest BCUT2D eigenvalue weighted by Crippen LogP contribution is 2.41. The second-order valence-corrected chi connectivity index (χ2v) is 6.61. The van der Waals surface area contributed by atoms with E-state index >= 15 is 0 Å². The zero-order valence-corrected chi connectivity index (χ0v) is 12.7. The van der Waals surface area contributed by atoms with Gasteiger partial charge in [0, 0.05) is 29.7 Å². The van der Waals surface area contributed by atoms with E-state index in [2.05, 4.69) is 15.9 Å². The average Bonchev–Trinajstić information content (AvgIpc) is 2.88. The first-order valence-corrected chi connectivity index (χ1v) is 7.74. The Labute approximate surface area is 126 Å². The molecule has 110 valence electrons. The lowest BCUT2D eigenvalue weighted by Gasteiger charge is -2.39. The summed E-state index contributed by atoms with van der Waals surface area (Å²) >= 11 is 3.33. The lowest BCUT2D eigenvalue weighted by molar-refractivity contribution is -0.117. The predicted molar refractivity (Wildman–Crippen MR) is 75.9 cm³/mol. The normalized spacial score (nSPS) is 31.6. The van der Waals surface area contributed by atoms with Crippen LogP contribution in [-0.4, -0.2) is 30.5 Å². The van der Waals surface area contributed by atoms with E-state index in [0.717, 1.165) is 23.7 Å². The fourth-order valence-corrected chi connectivity index (χ4v) is 3.57. The largest absolute Gasteiger partial charge is 0.388 e. The number of ether oxygens (including phenoxy) is 2. The molecule has 3 atom stereocenters. The quantitative estimate of drug-likeness (QED) is 0.895. The van der Waals surface area contributed by atoms with Crippen LogP contribution < -0.4 is 0 Å². The van der Waals surface area contributed by atoms with Crippen molar-refractivity contribution in [3.63, 3.8) is 0 Å². The molecule has 3 unspecified atom stereocenters. The number of hydrogen-bond acceptors (Lipinski definition) is 3. The van der Waals surface area contributed by atoms with Gasteiger partial charge in [-0.2, -0.15) is 0 Å². The molecule has 0 radical (unpaired) electrons. The molecule has 2 aliphatic rings. The summed E-state index contributed by atoms with van der Waals surface area (Å²) in [6.07, 6.45) is 1.53. The molecule has 3 nitrogen and oxygen atoms in total. The van der Waals surface area contributed by atoms with Gasteiger partial charge in [-0.25, -0.2) is 4.39 Å². The van der Waals surface area contributed by atoms with Gasteiger partial charge in [0.25, 0.3) is 0 Å². The standard InChI is InChI=1S/C15H18BrFO3/c16-11-1-2-13(17)12(7-11)14(18)10-3-5-20-15(8-10)4-6-19-9-15/h1-2,7,10,14,18H,3-6,8-9H2. The first-order valence-electron chi connectivity index (χ1n) is 6.94.